The summed E-state index contributed by atoms with van der Waals surface area (Å²) in [5.41, 5.74) is 9.99. The molecule has 1 aliphatic heterocycles. The van der Waals surface area contributed by atoms with Crippen molar-refractivity contribution in [3.63, 3.8) is 0 Å². The van der Waals surface area contributed by atoms with E-state index in [4.69, 9.17) is 11.5 Å². The number of hydrogen-bond donors (Lipinski definition) is 2. The number of quaternary nitrogens is 1. The Morgan fingerprint density at radius 2 is 1.86 bits per heavy atom. The highest BCUT2D eigenvalue weighted by molar-refractivity contribution is 8.00. The molecule has 0 radical (unpaired) electrons. The van der Waals surface area contributed by atoms with Gasteiger partial charge in [-0.3, -0.25) is 0 Å². The molecule has 5 nitrogen and oxygen atoms in total. The molecule has 0 amide bonds. The molecule has 21 heavy (non-hydrogen) atoms. The molecule has 2 rings (SSSR count). The van der Waals surface area contributed by atoms with Gasteiger partial charge in [0.05, 0.1) is 0 Å². The van der Waals surface area contributed by atoms with Gasteiger partial charge in [-0.05, 0) is 39.0 Å². The quantitative estimate of drug-likeness (QED) is 0.359. The first-order chi connectivity index (χ1) is 9.44. The standard InChI is InChI=1S/C13H18F2N3O2S/c1-12(2)11(17)21-13(3,10(15)18(12,19)20)8-6-7(16)4-5-9(8)14/h4-6,10-11H,16-17H2,1-3H3/q-1/t10-,11?,13-/m1/s1. The van der Waals surface area contributed by atoms with Crippen LogP contribution in [0.25, 0.3) is 0 Å². The van der Waals surface area contributed by atoms with E-state index < -0.39 is 32.6 Å². The molecular formula is C13H18F2N3O2S-. The molecule has 118 valence electrons. The summed E-state index contributed by atoms with van der Waals surface area (Å²) in [5, 5.41) is 23.6. The number of benzene rings is 1. The number of halogens is 2. The number of rotatable bonds is 1. The van der Waals surface area contributed by atoms with Crippen LogP contribution in [0.3, 0.4) is 0 Å². The SMILES string of the molecule is CC1(C)C(N)S[C@](C)(c2cc(N)ccc2F)[C@H](F)[N+]1([O-])[O-]. The summed E-state index contributed by atoms with van der Waals surface area (Å²) in [5.74, 6) is -0.728. The molecule has 0 aromatic heterocycles. The minimum absolute atomic E-state index is 0.125. The first kappa shape index (κ1) is 16.4. The van der Waals surface area contributed by atoms with E-state index in [1.54, 1.807) is 0 Å². The van der Waals surface area contributed by atoms with E-state index in [1.165, 1.54) is 32.9 Å². The maximum Gasteiger partial charge on any atom is 0.250 e. The molecule has 8 heteroatoms. The molecule has 1 aromatic rings. The lowest BCUT2D eigenvalue weighted by molar-refractivity contribution is -0.925. The van der Waals surface area contributed by atoms with Crippen LogP contribution in [-0.2, 0) is 4.75 Å². The minimum atomic E-state index is -2.44. The van der Waals surface area contributed by atoms with Crippen molar-refractivity contribution in [3.8, 4) is 0 Å². The van der Waals surface area contributed by atoms with Gasteiger partial charge in [0.15, 0.2) is 0 Å². The minimum Gasteiger partial charge on any atom is -0.629 e. The van der Waals surface area contributed by atoms with E-state index in [9.17, 15) is 19.2 Å². The molecule has 1 unspecified atom stereocenters. The van der Waals surface area contributed by atoms with Gasteiger partial charge in [-0.15, -0.1) is 11.8 Å². The van der Waals surface area contributed by atoms with Gasteiger partial charge in [-0.2, -0.15) is 4.39 Å². The maximum atomic E-state index is 14.7. The molecule has 1 aromatic carbocycles. The van der Waals surface area contributed by atoms with Crippen LogP contribution in [0, 0.1) is 16.2 Å². The predicted octanol–water partition coefficient (Wildman–Crippen LogP) is 2.54. The van der Waals surface area contributed by atoms with Crippen LogP contribution in [0.15, 0.2) is 18.2 Å². The van der Waals surface area contributed by atoms with E-state index in [0.29, 0.717) is 0 Å². The Morgan fingerprint density at radius 3 is 2.43 bits per heavy atom. The second-order valence-corrected chi connectivity index (χ2v) is 7.56. The average Bonchev–Trinajstić information content (AvgIpc) is 2.38. The van der Waals surface area contributed by atoms with Crippen LogP contribution in [0.4, 0.5) is 14.5 Å². The summed E-state index contributed by atoms with van der Waals surface area (Å²) in [7, 11) is 0. The zero-order valence-electron chi connectivity index (χ0n) is 12.0. The van der Waals surface area contributed by atoms with Crippen LogP contribution in [-0.4, -0.2) is 22.0 Å². The van der Waals surface area contributed by atoms with Gasteiger partial charge in [-0.25, -0.2) is 4.39 Å². The van der Waals surface area contributed by atoms with Crippen molar-refractivity contribution < 1.29 is 13.6 Å². The van der Waals surface area contributed by atoms with E-state index in [0.717, 1.165) is 17.8 Å². The van der Waals surface area contributed by atoms with E-state index in [1.807, 2.05) is 0 Å². The topological polar surface area (TPSA) is 98.2 Å². The van der Waals surface area contributed by atoms with Crippen LogP contribution < -0.4 is 11.5 Å². The first-order valence-electron chi connectivity index (χ1n) is 6.38. The number of anilines is 1. The maximum absolute atomic E-state index is 14.7. The zero-order chi connectivity index (χ0) is 16.2. The van der Waals surface area contributed by atoms with Gasteiger partial charge in [0.1, 0.15) is 21.5 Å². The molecule has 3 atom stereocenters. The van der Waals surface area contributed by atoms with Crippen molar-refractivity contribution in [2.24, 2.45) is 5.73 Å². The Morgan fingerprint density at radius 1 is 1.29 bits per heavy atom. The summed E-state index contributed by atoms with van der Waals surface area (Å²) in [6, 6.07) is 3.64. The van der Waals surface area contributed by atoms with Crippen molar-refractivity contribution in [1.82, 2.24) is 0 Å². The third-order valence-corrected chi connectivity index (χ3v) is 5.88. The summed E-state index contributed by atoms with van der Waals surface area (Å²) >= 11 is 0.874. The largest absolute Gasteiger partial charge is 0.629 e. The highest BCUT2D eigenvalue weighted by atomic mass is 32.2. The fourth-order valence-electron chi connectivity index (χ4n) is 2.37. The molecule has 0 bridgehead atoms. The fourth-order valence-corrected chi connectivity index (χ4v) is 3.87. The Hall–Kier alpha value is -0.930. The molecule has 0 spiro atoms. The average molecular weight is 318 g/mol. The molecule has 4 N–H and O–H groups in total. The second-order valence-electron chi connectivity index (χ2n) is 5.97. The normalized spacial score (nSPS) is 34.7. The first-order valence-corrected chi connectivity index (χ1v) is 7.26. The van der Waals surface area contributed by atoms with E-state index in [-0.39, 0.29) is 11.3 Å². The summed E-state index contributed by atoms with van der Waals surface area (Å²) < 4.78 is 27.1. The molecule has 1 fully saturated rings. The molecule has 1 saturated heterocycles. The van der Waals surface area contributed by atoms with Gasteiger partial charge in [0.2, 0.25) is 0 Å². The van der Waals surface area contributed by atoms with Crippen LogP contribution >= 0.6 is 11.8 Å². The number of nitrogens with zero attached hydrogens (tertiary/aromatic N) is 1. The number of thioether (sulfide) groups is 1. The summed E-state index contributed by atoms with van der Waals surface area (Å²) in [6.45, 7) is 3.93. The van der Waals surface area contributed by atoms with Gasteiger partial charge in [-0.1, -0.05) is 0 Å². The molecule has 1 aliphatic rings. The van der Waals surface area contributed by atoms with E-state index >= 15 is 0 Å². The Balaban J connectivity index is 2.60. The number of alkyl halides is 1. The van der Waals surface area contributed by atoms with Crippen LogP contribution in [0.5, 0.6) is 0 Å². The van der Waals surface area contributed by atoms with Gasteiger partial charge in [0, 0.05) is 11.3 Å². The van der Waals surface area contributed by atoms with E-state index in [2.05, 4.69) is 0 Å². The van der Waals surface area contributed by atoms with Gasteiger partial charge >= 0.3 is 0 Å². The van der Waals surface area contributed by atoms with Crippen molar-refractivity contribution in [2.75, 3.05) is 5.73 Å². The third-order valence-electron chi connectivity index (χ3n) is 4.15. The fraction of sp³-hybridized carbons (Fsp3) is 0.538. The molecule has 0 aliphatic carbocycles. The molecular weight excluding hydrogens is 300 g/mol. The number of nitrogens with two attached hydrogens (primary N) is 2. The van der Waals surface area contributed by atoms with Crippen LogP contribution in [0.1, 0.15) is 26.3 Å². The molecule has 0 saturated carbocycles. The lowest BCUT2D eigenvalue weighted by Gasteiger charge is -2.67. The summed E-state index contributed by atoms with van der Waals surface area (Å²) in [4.78, 5) is -2.44. The van der Waals surface area contributed by atoms with Crippen molar-refractivity contribution in [1.29, 1.82) is 0 Å². The van der Waals surface area contributed by atoms with Gasteiger partial charge in [0.25, 0.3) is 6.30 Å². The number of nitrogen functional groups attached to an aromatic ring is 1. The smallest absolute Gasteiger partial charge is 0.250 e. The molecule has 1 heterocycles. The zero-order valence-corrected chi connectivity index (χ0v) is 12.8. The number of hydroxylamine groups is 4. The Labute approximate surface area is 126 Å². The van der Waals surface area contributed by atoms with Crippen molar-refractivity contribution in [2.45, 2.75) is 42.7 Å². The number of hydrogen-bond acceptors (Lipinski definition) is 5. The highest BCUT2D eigenvalue weighted by Gasteiger charge is 2.59. The third kappa shape index (κ3) is 2.22. The Bertz CT molecular complexity index is 570. The predicted molar refractivity (Wildman–Crippen MR) is 79.7 cm³/mol. The second kappa shape index (κ2) is 4.79. The summed E-state index contributed by atoms with van der Waals surface area (Å²) in [6.07, 6.45) is -2.42. The lowest BCUT2D eigenvalue weighted by Crippen LogP contribution is -2.72. The van der Waals surface area contributed by atoms with Crippen molar-refractivity contribution >= 4 is 17.4 Å². The van der Waals surface area contributed by atoms with Gasteiger partial charge < -0.3 is 26.7 Å². The lowest BCUT2D eigenvalue weighted by atomic mass is 9.93. The van der Waals surface area contributed by atoms with Crippen LogP contribution in [0.2, 0.25) is 0 Å². The monoisotopic (exact) mass is 318 g/mol. The highest BCUT2D eigenvalue weighted by Crippen LogP contribution is 2.55. The Kier molecular flexibility index (Phi) is 3.75. The van der Waals surface area contributed by atoms with Crippen molar-refractivity contribution in [3.05, 3.63) is 40.0 Å².